The van der Waals surface area contributed by atoms with Gasteiger partial charge in [-0.15, -0.1) is 0 Å². The summed E-state index contributed by atoms with van der Waals surface area (Å²) in [4.78, 5) is 13.7. The Morgan fingerprint density at radius 3 is 2.83 bits per heavy atom. The zero-order valence-corrected chi connectivity index (χ0v) is 13.0. The Balaban J connectivity index is 1.94. The summed E-state index contributed by atoms with van der Waals surface area (Å²) >= 11 is 2.23. The van der Waals surface area contributed by atoms with Crippen LogP contribution in [0.4, 0.5) is 4.79 Å². The highest BCUT2D eigenvalue weighted by molar-refractivity contribution is 14.1. The highest BCUT2D eigenvalue weighted by atomic mass is 127. The van der Waals surface area contributed by atoms with Gasteiger partial charge < -0.3 is 9.64 Å². The molecular weight excluding hydrogens is 345 g/mol. The molecule has 18 heavy (non-hydrogen) atoms. The number of likely N-dealkylation sites (tertiary alicyclic amines) is 1. The summed E-state index contributed by atoms with van der Waals surface area (Å²) in [6.45, 7) is 7.06. The number of ether oxygens (including phenoxy) is 1. The first-order chi connectivity index (χ1) is 8.35. The summed E-state index contributed by atoms with van der Waals surface area (Å²) < 4.78 is 8.42. The number of aromatic nitrogens is 2. The van der Waals surface area contributed by atoms with Gasteiger partial charge in [-0.1, -0.05) is 0 Å². The quantitative estimate of drug-likeness (QED) is 0.721. The zero-order valence-electron chi connectivity index (χ0n) is 10.9. The van der Waals surface area contributed by atoms with Gasteiger partial charge in [0.25, 0.3) is 0 Å². The molecule has 1 atom stereocenters. The van der Waals surface area contributed by atoms with Gasteiger partial charge in [-0.25, -0.2) is 4.79 Å². The third-order valence-electron chi connectivity index (χ3n) is 2.76. The van der Waals surface area contributed by atoms with Crippen LogP contribution < -0.4 is 0 Å². The molecule has 0 spiro atoms. The van der Waals surface area contributed by atoms with E-state index in [4.69, 9.17) is 4.74 Å². The molecule has 1 aromatic rings. The van der Waals surface area contributed by atoms with Gasteiger partial charge in [0.2, 0.25) is 0 Å². The molecule has 2 heterocycles. The molecule has 6 heteroatoms. The van der Waals surface area contributed by atoms with Gasteiger partial charge in [0.1, 0.15) is 5.60 Å². The van der Waals surface area contributed by atoms with E-state index in [0.29, 0.717) is 6.54 Å². The van der Waals surface area contributed by atoms with Crippen LogP contribution in [0.2, 0.25) is 0 Å². The second-order valence-electron chi connectivity index (χ2n) is 5.51. The standard InChI is InChI=1S/C12H18IN3O2/c1-12(2,3)18-11(17)15-5-4-10(8-15)16-7-9(13)6-14-16/h6-7,10H,4-5,8H2,1-3H3. The van der Waals surface area contributed by atoms with E-state index in [9.17, 15) is 4.79 Å². The summed E-state index contributed by atoms with van der Waals surface area (Å²) in [5.41, 5.74) is -0.434. The van der Waals surface area contributed by atoms with Crippen molar-refractivity contribution in [1.82, 2.24) is 14.7 Å². The lowest BCUT2D eigenvalue weighted by Crippen LogP contribution is -2.35. The van der Waals surface area contributed by atoms with E-state index < -0.39 is 5.60 Å². The number of rotatable bonds is 1. The minimum Gasteiger partial charge on any atom is -0.444 e. The van der Waals surface area contributed by atoms with E-state index in [-0.39, 0.29) is 12.1 Å². The van der Waals surface area contributed by atoms with E-state index in [2.05, 4.69) is 27.7 Å². The first-order valence-electron chi connectivity index (χ1n) is 6.03. The number of carbonyl (C=O) groups excluding carboxylic acids is 1. The van der Waals surface area contributed by atoms with Gasteiger partial charge in [0.15, 0.2) is 0 Å². The van der Waals surface area contributed by atoms with Crippen LogP contribution in [0.25, 0.3) is 0 Å². The average Bonchev–Trinajstić information content (AvgIpc) is 2.82. The van der Waals surface area contributed by atoms with Gasteiger partial charge in [0, 0.05) is 19.3 Å². The number of halogens is 1. The van der Waals surface area contributed by atoms with Crippen molar-refractivity contribution < 1.29 is 9.53 Å². The smallest absolute Gasteiger partial charge is 0.410 e. The normalized spacial score (nSPS) is 20.2. The van der Waals surface area contributed by atoms with Crippen molar-refractivity contribution >= 4 is 28.7 Å². The monoisotopic (exact) mass is 363 g/mol. The first-order valence-corrected chi connectivity index (χ1v) is 7.10. The van der Waals surface area contributed by atoms with Crippen molar-refractivity contribution in [3.8, 4) is 0 Å². The van der Waals surface area contributed by atoms with Crippen LogP contribution in [0.1, 0.15) is 33.2 Å². The second kappa shape index (κ2) is 5.07. The Morgan fingerprint density at radius 1 is 1.56 bits per heavy atom. The van der Waals surface area contributed by atoms with E-state index in [1.165, 1.54) is 0 Å². The Morgan fingerprint density at radius 2 is 2.28 bits per heavy atom. The Hall–Kier alpha value is -0.790. The fourth-order valence-electron chi connectivity index (χ4n) is 1.96. The van der Waals surface area contributed by atoms with Gasteiger partial charge >= 0.3 is 6.09 Å². The summed E-state index contributed by atoms with van der Waals surface area (Å²) in [6.07, 6.45) is 4.53. The van der Waals surface area contributed by atoms with E-state index in [0.717, 1.165) is 16.5 Å². The molecule has 2 rings (SSSR count). The molecule has 0 radical (unpaired) electrons. The topological polar surface area (TPSA) is 47.4 Å². The van der Waals surface area contributed by atoms with Crippen LogP contribution in [0, 0.1) is 3.57 Å². The van der Waals surface area contributed by atoms with E-state index in [1.807, 2.05) is 37.8 Å². The molecule has 1 saturated heterocycles. The Kier molecular flexibility index (Phi) is 3.84. The molecule has 1 unspecified atom stereocenters. The lowest BCUT2D eigenvalue weighted by molar-refractivity contribution is 0.0288. The van der Waals surface area contributed by atoms with Crippen molar-refractivity contribution in [3.63, 3.8) is 0 Å². The van der Waals surface area contributed by atoms with Crippen LogP contribution in [-0.4, -0.2) is 39.5 Å². The summed E-state index contributed by atoms with van der Waals surface area (Å²) in [6, 6.07) is 0.265. The number of hydrogen-bond donors (Lipinski definition) is 0. The third-order valence-corrected chi connectivity index (χ3v) is 3.32. The minimum absolute atomic E-state index is 0.230. The summed E-state index contributed by atoms with van der Waals surface area (Å²) in [5.74, 6) is 0. The Labute approximate surface area is 121 Å². The minimum atomic E-state index is -0.434. The van der Waals surface area contributed by atoms with Crippen molar-refractivity contribution in [2.75, 3.05) is 13.1 Å². The number of hydrogen-bond acceptors (Lipinski definition) is 3. The molecule has 1 fully saturated rings. The molecule has 1 aliphatic heterocycles. The highest BCUT2D eigenvalue weighted by Crippen LogP contribution is 2.23. The first kappa shape index (κ1) is 13.6. The van der Waals surface area contributed by atoms with Crippen LogP contribution in [0.3, 0.4) is 0 Å². The van der Waals surface area contributed by atoms with Crippen LogP contribution >= 0.6 is 22.6 Å². The predicted molar refractivity (Wildman–Crippen MR) is 76.4 cm³/mol. The van der Waals surface area contributed by atoms with E-state index in [1.54, 1.807) is 4.90 Å². The molecule has 100 valence electrons. The summed E-state index contributed by atoms with van der Waals surface area (Å²) in [5, 5.41) is 4.30. The molecular formula is C12H18IN3O2. The van der Waals surface area contributed by atoms with Gasteiger partial charge in [-0.2, -0.15) is 5.10 Å². The van der Waals surface area contributed by atoms with Gasteiger partial charge in [-0.05, 0) is 49.8 Å². The maximum atomic E-state index is 11.9. The maximum absolute atomic E-state index is 11.9. The SMILES string of the molecule is CC(C)(C)OC(=O)N1CCC(n2cc(I)cn2)C1. The summed E-state index contributed by atoms with van der Waals surface area (Å²) in [7, 11) is 0. The molecule has 0 aromatic carbocycles. The van der Waals surface area contributed by atoms with Crippen molar-refractivity contribution in [3.05, 3.63) is 16.0 Å². The van der Waals surface area contributed by atoms with Gasteiger partial charge in [0.05, 0.1) is 15.8 Å². The number of nitrogens with zero attached hydrogens (tertiary/aromatic N) is 3. The molecule has 0 N–H and O–H groups in total. The molecule has 0 saturated carbocycles. The molecule has 0 aliphatic carbocycles. The Bertz CT molecular complexity index is 439. The number of amides is 1. The largest absolute Gasteiger partial charge is 0.444 e. The second-order valence-corrected chi connectivity index (χ2v) is 6.75. The van der Waals surface area contributed by atoms with Crippen LogP contribution in [-0.2, 0) is 4.74 Å². The fraction of sp³-hybridized carbons (Fsp3) is 0.667. The van der Waals surface area contributed by atoms with Crippen molar-refractivity contribution in [2.45, 2.75) is 38.8 Å². The molecule has 1 aliphatic rings. The highest BCUT2D eigenvalue weighted by Gasteiger charge is 2.30. The van der Waals surface area contributed by atoms with Crippen molar-refractivity contribution in [2.24, 2.45) is 0 Å². The lowest BCUT2D eigenvalue weighted by atomic mass is 10.2. The predicted octanol–water partition coefficient (Wildman–Crippen LogP) is 2.67. The molecule has 1 amide bonds. The number of carbonyl (C=O) groups is 1. The zero-order chi connectivity index (χ0) is 13.3. The van der Waals surface area contributed by atoms with Gasteiger partial charge in [-0.3, -0.25) is 4.68 Å². The molecule has 1 aromatic heterocycles. The third kappa shape index (κ3) is 3.37. The molecule has 5 nitrogen and oxygen atoms in total. The lowest BCUT2D eigenvalue weighted by Gasteiger charge is -2.24. The molecule has 0 bridgehead atoms. The average molecular weight is 363 g/mol. The fourth-order valence-corrected chi connectivity index (χ4v) is 2.37. The van der Waals surface area contributed by atoms with Crippen LogP contribution in [0.15, 0.2) is 12.4 Å². The maximum Gasteiger partial charge on any atom is 0.410 e. The van der Waals surface area contributed by atoms with E-state index >= 15 is 0 Å². The van der Waals surface area contributed by atoms with Crippen molar-refractivity contribution in [1.29, 1.82) is 0 Å². The van der Waals surface area contributed by atoms with Crippen LogP contribution in [0.5, 0.6) is 0 Å².